The number of hydrogen-bond donors (Lipinski definition) is 2. The number of anilines is 1. The first-order chi connectivity index (χ1) is 21.3. The van der Waals surface area contributed by atoms with Crippen molar-refractivity contribution in [1.82, 2.24) is 14.9 Å². The van der Waals surface area contributed by atoms with Gasteiger partial charge in [-0.1, -0.05) is 12.1 Å². The third kappa shape index (κ3) is 5.17. The Balaban J connectivity index is 1.30. The van der Waals surface area contributed by atoms with Gasteiger partial charge in [0, 0.05) is 48.7 Å². The second kappa shape index (κ2) is 11.5. The van der Waals surface area contributed by atoms with Gasteiger partial charge in [0.1, 0.15) is 22.8 Å². The molecule has 0 bridgehead atoms. The minimum Gasteiger partial charge on any atom is -0.493 e. The Kier molecular flexibility index (Phi) is 7.39. The van der Waals surface area contributed by atoms with E-state index < -0.39 is 28.9 Å². The molecule has 3 aromatic carbocycles. The van der Waals surface area contributed by atoms with E-state index in [-0.39, 0.29) is 33.8 Å². The van der Waals surface area contributed by atoms with Crippen LogP contribution in [0.3, 0.4) is 0 Å². The summed E-state index contributed by atoms with van der Waals surface area (Å²) in [5.41, 5.74) is -0.0859. The number of carbonyl (C=O) groups excluding carboxylic acids is 2. The molecule has 1 aliphatic rings. The van der Waals surface area contributed by atoms with Crippen molar-refractivity contribution in [3.05, 3.63) is 106 Å². The molecule has 0 saturated carbocycles. The molecule has 44 heavy (non-hydrogen) atoms. The van der Waals surface area contributed by atoms with Gasteiger partial charge in [-0.15, -0.1) is 0 Å². The lowest BCUT2D eigenvalue weighted by Crippen LogP contribution is -2.39. The Bertz CT molecular complexity index is 2010. The van der Waals surface area contributed by atoms with Gasteiger partial charge in [0.25, 0.3) is 11.8 Å². The average molecular weight is 599 g/mol. The third-order valence-corrected chi connectivity index (χ3v) is 7.13. The van der Waals surface area contributed by atoms with E-state index in [4.69, 9.17) is 14.2 Å². The lowest BCUT2D eigenvalue weighted by atomic mass is 9.99. The summed E-state index contributed by atoms with van der Waals surface area (Å²) in [6, 6.07) is 13.8. The zero-order valence-corrected chi connectivity index (χ0v) is 23.4. The summed E-state index contributed by atoms with van der Waals surface area (Å²) in [6.45, 7) is 0.594. The van der Waals surface area contributed by atoms with Gasteiger partial charge in [-0.3, -0.25) is 19.4 Å². The second-order valence-electron chi connectivity index (χ2n) is 9.79. The Labute approximate surface area is 248 Å². The molecule has 0 spiro atoms. The molecule has 2 N–H and O–H groups in total. The lowest BCUT2D eigenvalue weighted by Gasteiger charge is -2.23. The molecule has 6 rings (SSSR count). The first-order valence-corrected chi connectivity index (χ1v) is 13.4. The number of fused-ring (bicyclic) bond motifs is 2. The number of rotatable bonds is 7. The molecular formula is C32H24F2N4O6. The molecule has 2 amide bonds. The Morgan fingerprint density at radius 2 is 1.68 bits per heavy atom. The molecule has 0 saturated heterocycles. The van der Waals surface area contributed by atoms with Crippen molar-refractivity contribution in [2.75, 3.05) is 26.1 Å². The van der Waals surface area contributed by atoms with Gasteiger partial charge < -0.3 is 29.4 Å². The van der Waals surface area contributed by atoms with Crippen LogP contribution in [0.5, 0.6) is 23.0 Å². The largest absolute Gasteiger partial charge is 0.493 e. The number of nitrogens with zero attached hydrogens (tertiary/aromatic N) is 2. The van der Waals surface area contributed by atoms with Crippen molar-refractivity contribution >= 4 is 28.4 Å². The van der Waals surface area contributed by atoms with Crippen molar-refractivity contribution in [2.45, 2.75) is 6.54 Å². The summed E-state index contributed by atoms with van der Waals surface area (Å²) in [6.07, 6.45) is 2.81. The number of benzene rings is 3. The van der Waals surface area contributed by atoms with Crippen LogP contribution in [-0.2, 0) is 6.54 Å². The van der Waals surface area contributed by atoms with Crippen molar-refractivity contribution in [1.29, 1.82) is 0 Å². The van der Waals surface area contributed by atoms with E-state index >= 15 is 4.39 Å². The van der Waals surface area contributed by atoms with Gasteiger partial charge >= 0.3 is 0 Å². The highest BCUT2D eigenvalue weighted by molar-refractivity contribution is 6.07. The van der Waals surface area contributed by atoms with Gasteiger partial charge in [0.2, 0.25) is 5.43 Å². The van der Waals surface area contributed by atoms with Crippen molar-refractivity contribution in [3.8, 4) is 34.1 Å². The summed E-state index contributed by atoms with van der Waals surface area (Å²) < 4.78 is 46.9. The van der Waals surface area contributed by atoms with E-state index in [2.05, 4.69) is 15.6 Å². The molecule has 0 fully saturated rings. The molecule has 1 aliphatic heterocycles. The number of amides is 2. The molecule has 0 radical (unpaired) electrons. The molecular weight excluding hydrogens is 574 g/mol. The quantitative estimate of drug-likeness (QED) is 0.266. The molecule has 0 atom stereocenters. The van der Waals surface area contributed by atoms with Crippen LogP contribution in [0, 0.1) is 11.6 Å². The summed E-state index contributed by atoms with van der Waals surface area (Å²) >= 11 is 0. The maximum absolute atomic E-state index is 15.2. The first-order valence-electron chi connectivity index (χ1n) is 13.4. The van der Waals surface area contributed by atoms with Crippen molar-refractivity contribution < 1.29 is 32.6 Å². The van der Waals surface area contributed by atoms with Crippen molar-refractivity contribution in [2.24, 2.45) is 0 Å². The van der Waals surface area contributed by atoms with E-state index in [0.29, 0.717) is 41.2 Å². The number of methoxy groups -OCH3 is 2. The van der Waals surface area contributed by atoms with Gasteiger partial charge in [0.15, 0.2) is 23.1 Å². The number of halogens is 2. The standard InChI is InChI=1S/C32H24F2N4O6/c1-42-26-14-20-23(15-27(26)43-2)35-10-9-24(20)44-25-8-7-19(13-22(25)34)37-31(40)21-16-38-12-11-36-32(41)29(38)28(30(21)39)17-3-5-18(33)6-4-17/h3-10,13-16H,11-12H2,1-2H3,(H,36,41)(H,37,40). The highest BCUT2D eigenvalue weighted by Gasteiger charge is 2.27. The van der Waals surface area contributed by atoms with Crippen LogP contribution in [0.25, 0.3) is 22.0 Å². The summed E-state index contributed by atoms with van der Waals surface area (Å²) in [5.74, 6) is -1.49. The highest BCUT2D eigenvalue weighted by Crippen LogP contribution is 2.37. The maximum atomic E-state index is 15.2. The van der Waals surface area contributed by atoms with E-state index in [9.17, 15) is 18.8 Å². The minimum absolute atomic E-state index is 0.0383. The van der Waals surface area contributed by atoms with Crippen molar-refractivity contribution in [3.63, 3.8) is 0 Å². The first kappa shape index (κ1) is 28.3. The molecule has 5 aromatic rings. The number of pyridine rings is 2. The summed E-state index contributed by atoms with van der Waals surface area (Å²) in [7, 11) is 3.00. The number of hydrogen-bond acceptors (Lipinski definition) is 7. The van der Waals surface area contributed by atoms with E-state index in [1.165, 1.54) is 55.4 Å². The van der Waals surface area contributed by atoms with E-state index in [1.807, 2.05) is 0 Å². The maximum Gasteiger partial charge on any atom is 0.268 e. The fraction of sp³-hybridized carbons (Fsp3) is 0.125. The van der Waals surface area contributed by atoms with Crippen LogP contribution < -0.4 is 30.3 Å². The van der Waals surface area contributed by atoms with Crippen LogP contribution >= 0.6 is 0 Å². The Morgan fingerprint density at radius 3 is 2.41 bits per heavy atom. The second-order valence-corrected chi connectivity index (χ2v) is 9.79. The molecule has 0 aliphatic carbocycles. The van der Waals surface area contributed by atoms with Gasteiger partial charge in [-0.2, -0.15) is 0 Å². The number of aromatic nitrogens is 2. The number of ether oxygens (including phenoxy) is 3. The predicted octanol–water partition coefficient (Wildman–Crippen LogP) is 5.15. The average Bonchev–Trinajstić information content (AvgIpc) is 3.02. The zero-order valence-electron chi connectivity index (χ0n) is 23.4. The van der Waals surface area contributed by atoms with Crippen LogP contribution in [-0.4, -0.2) is 42.1 Å². The Morgan fingerprint density at radius 1 is 0.932 bits per heavy atom. The SMILES string of the molecule is COc1cc2nccc(Oc3ccc(NC(=O)c4cn5c(c(-c6ccc(F)cc6)c4=O)C(=O)NCC5)cc3F)c2cc1OC. The molecule has 12 heteroatoms. The Hall–Kier alpha value is -5.78. The highest BCUT2D eigenvalue weighted by atomic mass is 19.1. The lowest BCUT2D eigenvalue weighted by molar-refractivity contribution is 0.0924. The number of nitrogens with one attached hydrogen (secondary N) is 2. The van der Waals surface area contributed by atoms with Crippen LogP contribution in [0.4, 0.5) is 14.5 Å². The monoisotopic (exact) mass is 598 g/mol. The molecule has 3 heterocycles. The molecule has 2 aromatic heterocycles. The zero-order chi connectivity index (χ0) is 31.0. The van der Waals surface area contributed by atoms with E-state index in [1.54, 1.807) is 18.2 Å². The summed E-state index contributed by atoms with van der Waals surface area (Å²) in [5, 5.41) is 5.78. The summed E-state index contributed by atoms with van der Waals surface area (Å²) in [4.78, 5) is 43.9. The topological polar surface area (TPSA) is 121 Å². The molecule has 222 valence electrons. The predicted molar refractivity (Wildman–Crippen MR) is 158 cm³/mol. The smallest absolute Gasteiger partial charge is 0.268 e. The number of carbonyl (C=O) groups is 2. The van der Waals surface area contributed by atoms with Gasteiger partial charge in [-0.05, 0) is 42.0 Å². The normalized spacial score (nSPS) is 12.3. The van der Waals surface area contributed by atoms with Gasteiger partial charge in [-0.25, -0.2) is 8.78 Å². The minimum atomic E-state index is -0.811. The molecule has 10 nitrogen and oxygen atoms in total. The fourth-order valence-electron chi connectivity index (χ4n) is 5.02. The fourth-order valence-corrected chi connectivity index (χ4v) is 5.02. The van der Waals surface area contributed by atoms with Crippen LogP contribution in [0.1, 0.15) is 20.8 Å². The van der Waals surface area contributed by atoms with Crippen LogP contribution in [0.2, 0.25) is 0 Å². The van der Waals surface area contributed by atoms with E-state index in [0.717, 1.165) is 18.2 Å². The van der Waals surface area contributed by atoms with Gasteiger partial charge in [0.05, 0.1) is 25.3 Å². The molecule has 0 unspecified atom stereocenters. The third-order valence-electron chi connectivity index (χ3n) is 7.13. The van der Waals surface area contributed by atoms with Crippen LogP contribution in [0.15, 0.2) is 77.9 Å².